The smallest absolute Gasteiger partial charge is 0.205 e. The number of rotatable bonds is 1. The van der Waals surface area contributed by atoms with Gasteiger partial charge in [-0.2, -0.15) is 5.10 Å². The summed E-state index contributed by atoms with van der Waals surface area (Å²) in [6, 6.07) is 7.43. The fraction of sp³-hybridized carbons (Fsp3) is 0. The highest BCUT2D eigenvalue weighted by atomic mass is 19.1. The fourth-order valence-corrected chi connectivity index (χ4v) is 1.77. The van der Waals surface area contributed by atoms with Crippen LogP contribution in [-0.2, 0) is 0 Å². The van der Waals surface area contributed by atoms with E-state index in [1.54, 1.807) is 36.8 Å². The molecule has 0 N–H and O–H groups in total. The Labute approximate surface area is 125 Å². The molecule has 2 aromatic heterocycles. The molecular formula is C16H8FN5. The van der Waals surface area contributed by atoms with Gasteiger partial charge in [0.25, 0.3) is 0 Å². The maximum Gasteiger partial charge on any atom is 0.205 e. The van der Waals surface area contributed by atoms with Crippen molar-refractivity contribution < 1.29 is 4.39 Å². The summed E-state index contributed by atoms with van der Waals surface area (Å²) in [5.74, 6) is 5.54. The maximum atomic E-state index is 13.4. The molecular weight excluding hydrogens is 281 g/mol. The monoisotopic (exact) mass is 289 g/mol. The summed E-state index contributed by atoms with van der Waals surface area (Å²) < 4.78 is 14.9. The van der Waals surface area contributed by atoms with Crippen molar-refractivity contribution >= 4 is 5.69 Å². The Hall–Kier alpha value is -3.51. The second kappa shape index (κ2) is 5.86. The number of hydrogen-bond donors (Lipinski definition) is 0. The molecule has 5 nitrogen and oxygen atoms in total. The van der Waals surface area contributed by atoms with E-state index in [0.717, 1.165) is 0 Å². The van der Waals surface area contributed by atoms with Gasteiger partial charge >= 0.3 is 0 Å². The van der Waals surface area contributed by atoms with Crippen LogP contribution in [0.3, 0.4) is 0 Å². The van der Waals surface area contributed by atoms with Crippen LogP contribution in [0.25, 0.3) is 10.5 Å². The standard InChI is InChI=1S/C16H8FN5/c1-18-14-9-12(17)10-15(11-14)22-8-5-13(21-22)3-4-16-19-6-2-7-20-16/h2,5-11H. The summed E-state index contributed by atoms with van der Waals surface area (Å²) in [7, 11) is 0. The molecule has 0 aliphatic rings. The first-order valence-corrected chi connectivity index (χ1v) is 6.28. The number of halogens is 1. The topological polar surface area (TPSA) is 48.0 Å². The fourth-order valence-electron chi connectivity index (χ4n) is 1.77. The quantitative estimate of drug-likeness (QED) is 0.511. The minimum atomic E-state index is -0.482. The van der Waals surface area contributed by atoms with E-state index in [-0.39, 0.29) is 5.69 Å². The Morgan fingerprint density at radius 2 is 1.95 bits per heavy atom. The molecule has 3 rings (SSSR count). The molecule has 2 heterocycles. The second-order valence-electron chi connectivity index (χ2n) is 4.25. The molecule has 104 valence electrons. The van der Waals surface area contributed by atoms with Gasteiger partial charge in [-0.3, -0.25) is 0 Å². The summed E-state index contributed by atoms with van der Waals surface area (Å²) in [5, 5.41) is 4.23. The zero-order valence-corrected chi connectivity index (χ0v) is 11.2. The van der Waals surface area contributed by atoms with Crippen molar-refractivity contribution in [2.45, 2.75) is 0 Å². The van der Waals surface area contributed by atoms with Gasteiger partial charge in [0.1, 0.15) is 11.5 Å². The van der Waals surface area contributed by atoms with Gasteiger partial charge in [-0.05, 0) is 42.2 Å². The van der Waals surface area contributed by atoms with Crippen LogP contribution in [0.15, 0.2) is 48.9 Å². The molecule has 0 radical (unpaired) electrons. The normalized spacial score (nSPS) is 9.64. The highest BCUT2D eigenvalue weighted by molar-refractivity contribution is 5.52. The third-order valence-corrected chi connectivity index (χ3v) is 2.72. The first-order valence-electron chi connectivity index (χ1n) is 6.28. The highest BCUT2D eigenvalue weighted by Crippen LogP contribution is 2.19. The van der Waals surface area contributed by atoms with Gasteiger partial charge in [0.15, 0.2) is 5.69 Å². The van der Waals surface area contributed by atoms with Gasteiger partial charge in [0.2, 0.25) is 5.82 Å². The third kappa shape index (κ3) is 2.97. The number of aromatic nitrogens is 4. The Bertz CT molecular complexity index is 913. The minimum Gasteiger partial charge on any atom is -0.241 e. The molecule has 6 heteroatoms. The van der Waals surface area contributed by atoms with Crippen molar-refractivity contribution in [3.05, 3.63) is 77.7 Å². The van der Waals surface area contributed by atoms with E-state index >= 15 is 0 Å². The van der Waals surface area contributed by atoms with Gasteiger partial charge in [0, 0.05) is 18.6 Å². The zero-order chi connectivity index (χ0) is 15.4. The lowest BCUT2D eigenvalue weighted by molar-refractivity contribution is 0.626. The van der Waals surface area contributed by atoms with Crippen LogP contribution in [0.2, 0.25) is 0 Å². The van der Waals surface area contributed by atoms with Crippen molar-refractivity contribution in [3.8, 4) is 17.5 Å². The molecule has 0 bridgehead atoms. The van der Waals surface area contributed by atoms with Gasteiger partial charge in [-0.15, -0.1) is 0 Å². The van der Waals surface area contributed by atoms with Crippen LogP contribution >= 0.6 is 0 Å². The van der Waals surface area contributed by atoms with Crippen LogP contribution in [0.4, 0.5) is 10.1 Å². The third-order valence-electron chi connectivity index (χ3n) is 2.72. The first-order chi connectivity index (χ1) is 10.7. The van der Waals surface area contributed by atoms with Crippen molar-refractivity contribution in [2.75, 3.05) is 0 Å². The van der Waals surface area contributed by atoms with Gasteiger partial charge in [-0.25, -0.2) is 23.9 Å². The van der Waals surface area contributed by atoms with Gasteiger partial charge in [-0.1, -0.05) is 0 Å². The van der Waals surface area contributed by atoms with E-state index in [2.05, 4.69) is 31.8 Å². The van der Waals surface area contributed by atoms with Crippen LogP contribution in [0, 0.1) is 24.2 Å². The number of benzene rings is 1. The van der Waals surface area contributed by atoms with Crippen LogP contribution < -0.4 is 0 Å². The van der Waals surface area contributed by atoms with Gasteiger partial charge < -0.3 is 0 Å². The predicted molar refractivity (Wildman–Crippen MR) is 77.8 cm³/mol. The van der Waals surface area contributed by atoms with E-state index in [1.165, 1.54) is 16.8 Å². The molecule has 0 atom stereocenters. The van der Waals surface area contributed by atoms with Crippen molar-refractivity contribution in [1.29, 1.82) is 0 Å². The summed E-state index contributed by atoms with van der Waals surface area (Å²) in [5.41, 5.74) is 1.19. The molecule has 0 aliphatic heterocycles. The highest BCUT2D eigenvalue weighted by Gasteiger charge is 2.04. The molecule has 0 amide bonds. The Kier molecular flexibility index (Phi) is 3.59. The lowest BCUT2D eigenvalue weighted by atomic mass is 10.3. The summed E-state index contributed by atoms with van der Waals surface area (Å²) in [4.78, 5) is 11.2. The molecule has 0 fully saturated rings. The Morgan fingerprint density at radius 1 is 1.14 bits per heavy atom. The molecule has 3 aromatic rings. The summed E-state index contributed by atoms with van der Waals surface area (Å²) in [6.07, 6.45) is 4.86. The van der Waals surface area contributed by atoms with E-state index < -0.39 is 5.82 Å². The number of nitrogens with zero attached hydrogens (tertiary/aromatic N) is 5. The minimum absolute atomic E-state index is 0.218. The second-order valence-corrected chi connectivity index (χ2v) is 4.25. The van der Waals surface area contributed by atoms with Gasteiger partial charge in [0.05, 0.1) is 12.3 Å². The average molecular weight is 289 g/mol. The average Bonchev–Trinajstić information content (AvgIpc) is 3.02. The maximum absolute atomic E-state index is 13.4. The zero-order valence-electron chi connectivity index (χ0n) is 11.2. The van der Waals surface area contributed by atoms with Crippen LogP contribution in [0.1, 0.15) is 11.5 Å². The van der Waals surface area contributed by atoms with Crippen molar-refractivity contribution in [3.63, 3.8) is 0 Å². The van der Waals surface area contributed by atoms with Crippen molar-refractivity contribution in [1.82, 2.24) is 19.7 Å². The SMILES string of the molecule is [C-]#[N+]c1cc(F)cc(-n2ccc(C#Cc3ncccn3)n2)c1. The van der Waals surface area contributed by atoms with Crippen LogP contribution in [-0.4, -0.2) is 19.7 Å². The Balaban J connectivity index is 1.90. The molecule has 22 heavy (non-hydrogen) atoms. The molecule has 0 spiro atoms. The number of hydrogen-bond acceptors (Lipinski definition) is 3. The lowest BCUT2D eigenvalue weighted by Crippen LogP contribution is -1.95. The molecule has 0 saturated heterocycles. The Morgan fingerprint density at radius 3 is 2.73 bits per heavy atom. The van der Waals surface area contributed by atoms with E-state index in [0.29, 0.717) is 17.2 Å². The van der Waals surface area contributed by atoms with E-state index in [1.807, 2.05) is 0 Å². The lowest BCUT2D eigenvalue weighted by Gasteiger charge is -2.01. The molecule has 0 saturated carbocycles. The summed E-state index contributed by atoms with van der Waals surface area (Å²) >= 11 is 0. The van der Waals surface area contributed by atoms with E-state index in [4.69, 9.17) is 6.57 Å². The summed E-state index contributed by atoms with van der Waals surface area (Å²) in [6.45, 7) is 6.96. The van der Waals surface area contributed by atoms with Crippen LogP contribution in [0.5, 0.6) is 0 Å². The van der Waals surface area contributed by atoms with Crippen molar-refractivity contribution in [2.24, 2.45) is 0 Å². The molecule has 0 unspecified atom stereocenters. The van der Waals surface area contributed by atoms with E-state index in [9.17, 15) is 4.39 Å². The predicted octanol–water partition coefficient (Wildman–Crippen LogP) is 2.75. The largest absolute Gasteiger partial charge is 0.241 e. The molecule has 0 aliphatic carbocycles. The first kappa shape index (κ1) is 13.5. The molecule has 1 aromatic carbocycles.